The zero-order valence-corrected chi connectivity index (χ0v) is 19.9. The van der Waals surface area contributed by atoms with Crippen LogP contribution >= 0.6 is 11.8 Å². The Morgan fingerprint density at radius 3 is 2.72 bits per heavy atom. The molecule has 0 aliphatic carbocycles. The van der Waals surface area contributed by atoms with Crippen LogP contribution in [0, 0.1) is 5.82 Å². The van der Waals surface area contributed by atoms with E-state index in [4.69, 9.17) is 4.74 Å². The number of ether oxygens (including phenoxy) is 1. The Morgan fingerprint density at radius 1 is 1.19 bits per heavy atom. The summed E-state index contributed by atoms with van der Waals surface area (Å²) >= 11 is 1.25. The fourth-order valence-corrected chi connectivity index (χ4v) is 5.74. The van der Waals surface area contributed by atoms with Crippen molar-refractivity contribution >= 4 is 17.7 Å². The van der Waals surface area contributed by atoms with Gasteiger partial charge in [0.2, 0.25) is 5.91 Å². The second-order valence-corrected chi connectivity index (χ2v) is 9.70. The van der Waals surface area contributed by atoms with Gasteiger partial charge < -0.3 is 15.2 Å². The molecule has 5 atom stereocenters. The van der Waals surface area contributed by atoms with E-state index >= 15 is 0 Å². The molecule has 1 fully saturated rings. The van der Waals surface area contributed by atoms with Crippen molar-refractivity contribution in [3.8, 4) is 0 Å². The third-order valence-corrected chi connectivity index (χ3v) is 7.71. The highest BCUT2D eigenvalue weighted by atomic mass is 32.2. The van der Waals surface area contributed by atoms with Gasteiger partial charge in [0.25, 0.3) is 5.56 Å². The number of aliphatic hydroxyl groups excluding tert-OH is 1. The summed E-state index contributed by atoms with van der Waals surface area (Å²) in [5.74, 6) is -1.70. The minimum atomic E-state index is -1.97. The van der Waals surface area contributed by atoms with Crippen LogP contribution < -0.4 is 16.6 Å². The number of alkyl halides is 1. The van der Waals surface area contributed by atoms with Gasteiger partial charge >= 0.3 is 5.69 Å². The van der Waals surface area contributed by atoms with Gasteiger partial charge in [0, 0.05) is 23.2 Å². The molecule has 0 bridgehead atoms. The summed E-state index contributed by atoms with van der Waals surface area (Å²) in [6.07, 6.45) is -4.70. The molecule has 188 valence electrons. The van der Waals surface area contributed by atoms with Gasteiger partial charge in [-0.2, -0.15) is 0 Å². The van der Waals surface area contributed by atoms with Crippen LogP contribution in [0.1, 0.15) is 35.8 Å². The largest absolute Gasteiger partial charge is 0.387 e. The molecule has 1 amide bonds. The fraction of sp³-hybridized carbons (Fsp3) is 0.320. The molecule has 2 aliphatic heterocycles. The maximum Gasteiger partial charge on any atom is 0.330 e. The van der Waals surface area contributed by atoms with E-state index in [2.05, 4.69) is 10.3 Å². The van der Waals surface area contributed by atoms with Crippen molar-refractivity contribution in [1.29, 1.82) is 0 Å². The monoisotopic (exact) mass is 515 g/mol. The number of carbonyl (C=O) groups excluding carboxylic acids is 1. The lowest BCUT2D eigenvalue weighted by Crippen LogP contribution is -2.41. The summed E-state index contributed by atoms with van der Waals surface area (Å²) in [6, 6.07) is 11.8. The van der Waals surface area contributed by atoms with E-state index in [-0.39, 0.29) is 12.1 Å². The first-order valence-corrected chi connectivity index (χ1v) is 12.3. The SMILES string of the molecule is CCc1cn([C@@H]2O[C@H](CNC(=O)C3c4ccccc4Sc4c(F)cccc43)[C@@H](O)[C@@H]2F)c(=O)[nH]c1=O. The second kappa shape index (κ2) is 9.64. The standard InChI is InChI=1S/C25H23F2N3O5S/c1-2-12-11-30(25(34)29-22(12)32)24-19(27)20(31)16(35-24)10-28-23(33)18-13-6-3-4-9-17(13)36-21-14(18)7-5-8-15(21)26/h3-9,11,16,18-20,24,31H,2,10H2,1H3,(H,28,33)(H,29,32,34)/t16-,18?,19+,20-,24-/m1/s1. The number of H-pyrrole nitrogens is 1. The average molecular weight is 516 g/mol. The van der Waals surface area contributed by atoms with Gasteiger partial charge in [0.1, 0.15) is 18.0 Å². The highest BCUT2D eigenvalue weighted by molar-refractivity contribution is 7.99. The van der Waals surface area contributed by atoms with Crippen LogP contribution in [0.3, 0.4) is 0 Å². The number of hydrogen-bond donors (Lipinski definition) is 3. The highest BCUT2D eigenvalue weighted by Gasteiger charge is 2.46. The van der Waals surface area contributed by atoms with E-state index in [0.29, 0.717) is 22.4 Å². The Bertz CT molecular complexity index is 1440. The number of nitrogens with one attached hydrogen (secondary N) is 2. The first-order valence-electron chi connectivity index (χ1n) is 11.4. The lowest BCUT2D eigenvalue weighted by molar-refractivity contribution is -0.122. The quantitative estimate of drug-likeness (QED) is 0.481. The van der Waals surface area contributed by atoms with Crippen LogP contribution in [0.25, 0.3) is 0 Å². The predicted molar refractivity (Wildman–Crippen MR) is 127 cm³/mol. The topological polar surface area (TPSA) is 113 Å². The van der Waals surface area contributed by atoms with Gasteiger partial charge in [-0.15, -0.1) is 0 Å². The second-order valence-electron chi connectivity index (χ2n) is 8.65. The number of rotatable bonds is 5. The van der Waals surface area contributed by atoms with E-state index in [1.807, 2.05) is 6.07 Å². The van der Waals surface area contributed by atoms with Gasteiger partial charge in [-0.05, 0) is 29.7 Å². The highest BCUT2D eigenvalue weighted by Crippen LogP contribution is 2.46. The van der Waals surface area contributed by atoms with Crippen molar-refractivity contribution in [3.63, 3.8) is 0 Å². The summed E-state index contributed by atoms with van der Waals surface area (Å²) in [6.45, 7) is 1.47. The zero-order valence-electron chi connectivity index (χ0n) is 19.1. The Labute approximate surface area is 208 Å². The molecule has 1 unspecified atom stereocenters. The van der Waals surface area contributed by atoms with Crippen molar-refractivity contribution in [2.45, 2.75) is 53.7 Å². The summed E-state index contributed by atoms with van der Waals surface area (Å²) in [5.41, 5.74) is 0.0450. The molecule has 5 rings (SSSR count). The summed E-state index contributed by atoms with van der Waals surface area (Å²) in [7, 11) is 0. The Balaban J connectivity index is 1.37. The van der Waals surface area contributed by atoms with Crippen molar-refractivity contribution in [1.82, 2.24) is 14.9 Å². The summed E-state index contributed by atoms with van der Waals surface area (Å²) in [4.78, 5) is 40.7. The molecule has 2 aliphatic rings. The number of benzene rings is 2. The van der Waals surface area contributed by atoms with Gasteiger partial charge in [-0.3, -0.25) is 19.1 Å². The summed E-state index contributed by atoms with van der Waals surface area (Å²) < 4.78 is 36.0. The van der Waals surface area contributed by atoms with Crippen LogP contribution in [0.2, 0.25) is 0 Å². The average Bonchev–Trinajstić information content (AvgIpc) is 3.15. The van der Waals surface area contributed by atoms with E-state index in [1.54, 1.807) is 31.2 Å². The molecule has 0 saturated carbocycles. The Morgan fingerprint density at radius 2 is 1.94 bits per heavy atom. The molecule has 3 N–H and O–H groups in total. The minimum Gasteiger partial charge on any atom is -0.387 e. The van der Waals surface area contributed by atoms with Gasteiger partial charge in [-0.25, -0.2) is 13.6 Å². The maximum absolute atomic E-state index is 15.0. The van der Waals surface area contributed by atoms with Crippen LogP contribution in [0.4, 0.5) is 8.78 Å². The number of hydrogen-bond acceptors (Lipinski definition) is 6. The molecule has 11 heteroatoms. The lowest BCUT2D eigenvalue weighted by Gasteiger charge is -2.28. The van der Waals surface area contributed by atoms with Gasteiger partial charge in [-0.1, -0.05) is 49.0 Å². The molecule has 3 heterocycles. The number of aliphatic hydroxyl groups is 1. The van der Waals surface area contributed by atoms with Gasteiger partial charge in [0.15, 0.2) is 12.4 Å². The number of aromatic amines is 1. The van der Waals surface area contributed by atoms with E-state index in [9.17, 15) is 28.3 Å². The van der Waals surface area contributed by atoms with Crippen LogP contribution in [0.15, 0.2) is 68.0 Å². The van der Waals surface area contributed by atoms with E-state index < -0.39 is 53.5 Å². The summed E-state index contributed by atoms with van der Waals surface area (Å²) in [5, 5.41) is 13.1. The molecule has 36 heavy (non-hydrogen) atoms. The third kappa shape index (κ3) is 4.16. The molecule has 3 aromatic rings. The Kier molecular flexibility index (Phi) is 6.54. The fourth-order valence-electron chi connectivity index (χ4n) is 4.60. The van der Waals surface area contributed by atoms with Crippen molar-refractivity contribution in [2.75, 3.05) is 6.54 Å². The number of nitrogens with zero attached hydrogens (tertiary/aromatic N) is 1. The molecular formula is C25H23F2N3O5S. The predicted octanol–water partition coefficient (Wildman–Crippen LogP) is 2.25. The smallest absolute Gasteiger partial charge is 0.330 e. The third-order valence-electron chi connectivity index (χ3n) is 6.48. The van der Waals surface area contributed by atoms with Crippen molar-refractivity contribution < 1.29 is 23.4 Å². The molecule has 0 spiro atoms. The zero-order chi connectivity index (χ0) is 25.6. The number of halogens is 2. The molecular weight excluding hydrogens is 492 g/mol. The number of carbonyl (C=O) groups is 1. The lowest BCUT2D eigenvalue weighted by atomic mass is 9.89. The number of amides is 1. The van der Waals surface area contributed by atoms with Crippen molar-refractivity contribution in [3.05, 3.63) is 92.0 Å². The van der Waals surface area contributed by atoms with E-state index in [0.717, 1.165) is 9.46 Å². The van der Waals surface area contributed by atoms with Crippen LogP contribution in [-0.4, -0.2) is 45.5 Å². The minimum absolute atomic E-state index is 0.244. The first-order chi connectivity index (χ1) is 17.3. The van der Waals surface area contributed by atoms with Crippen molar-refractivity contribution in [2.24, 2.45) is 0 Å². The number of aryl methyl sites for hydroxylation is 1. The molecule has 1 saturated heterocycles. The first kappa shape index (κ1) is 24.4. The number of aromatic nitrogens is 2. The van der Waals surface area contributed by atoms with E-state index in [1.165, 1.54) is 30.1 Å². The molecule has 2 aromatic carbocycles. The van der Waals surface area contributed by atoms with Crippen LogP contribution in [-0.2, 0) is 16.0 Å². The molecule has 1 aromatic heterocycles. The van der Waals surface area contributed by atoms with Crippen LogP contribution in [0.5, 0.6) is 0 Å². The maximum atomic E-state index is 15.0. The normalized spacial score (nSPS) is 24.7. The molecule has 8 nitrogen and oxygen atoms in total. The number of fused-ring (bicyclic) bond motifs is 2. The van der Waals surface area contributed by atoms with Gasteiger partial charge in [0.05, 0.1) is 10.8 Å². The molecule has 0 radical (unpaired) electrons. The Hall–Kier alpha value is -3.28.